The topological polar surface area (TPSA) is 35.5 Å². The Morgan fingerprint density at radius 3 is 2.17 bits per heavy atom. The van der Waals surface area contributed by atoms with Crippen molar-refractivity contribution in [2.24, 2.45) is 0 Å². The molecule has 0 unspecified atom stereocenters. The molecule has 0 bridgehead atoms. The van der Waals surface area contributed by atoms with Crippen LogP contribution < -0.4 is 51.4 Å². The van der Waals surface area contributed by atoms with Crippen molar-refractivity contribution in [2.75, 3.05) is 0 Å². The molecule has 0 aliphatic rings. The van der Waals surface area contributed by atoms with E-state index in [-0.39, 0.29) is 51.4 Å². The molecule has 5 heteroatoms. The maximum atomic E-state index is 8.93. The largest absolute Gasteiger partial charge is 1.00 e. The predicted octanol–water partition coefficient (Wildman–Crippen LogP) is -2.64. The van der Waals surface area contributed by atoms with E-state index in [1.807, 2.05) is 0 Å². The summed E-state index contributed by atoms with van der Waals surface area (Å²) >= 11 is 1.40. The standard InChI is InChI=1S/CIO3.K/c2-5-4-1-3;/q-1;+1. The molecular weight excluding hydrogens is 226 g/mol. The molecule has 0 N–H and O–H groups in total. The van der Waals surface area contributed by atoms with Gasteiger partial charge in [0.25, 0.3) is 0 Å². The van der Waals surface area contributed by atoms with Gasteiger partial charge in [0.2, 0.25) is 0 Å². The quantitative estimate of drug-likeness (QED) is 0.170. The normalized spacial score (nSPS) is 5.50. The first-order valence-electron chi connectivity index (χ1n) is 0.729. The summed E-state index contributed by atoms with van der Waals surface area (Å²) in [6.45, 7) is 1.04. The molecule has 0 saturated heterocycles. The van der Waals surface area contributed by atoms with Crippen LogP contribution in [0.3, 0.4) is 0 Å². The van der Waals surface area contributed by atoms with E-state index in [0.29, 0.717) is 0 Å². The third kappa shape index (κ3) is 9.25. The van der Waals surface area contributed by atoms with Gasteiger partial charge in [-0.15, -0.1) is 0 Å². The van der Waals surface area contributed by atoms with Crippen LogP contribution in [-0.2, 0) is 12.9 Å². The molecule has 3 nitrogen and oxygen atoms in total. The summed E-state index contributed by atoms with van der Waals surface area (Å²) in [5.41, 5.74) is 0. The van der Waals surface area contributed by atoms with Gasteiger partial charge in [0, 0.05) is 0 Å². The minimum atomic E-state index is 0. The van der Waals surface area contributed by atoms with Gasteiger partial charge in [0.1, 0.15) is 0 Å². The summed E-state index contributed by atoms with van der Waals surface area (Å²) in [6, 6.07) is 0. The molecule has 0 radical (unpaired) electrons. The van der Waals surface area contributed by atoms with Crippen LogP contribution in [0.2, 0.25) is 0 Å². The number of rotatable bonds is 2. The molecule has 0 saturated carbocycles. The summed E-state index contributed by atoms with van der Waals surface area (Å²) in [4.78, 5) is 12.4. The van der Waals surface area contributed by atoms with Gasteiger partial charge in [-0.25, -0.2) is 0 Å². The Kier molecular flexibility index (Phi) is 17.7. The Hall–Kier alpha value is 1.80. The Labute approximate surface area is 91.8 Å². The molecule has 30 valence electrons. The van der Waals surface area contributed by atoms with Crippen molar-refractivity contribution in [2.45, 2.75) is 0 Å². The van der Waals surface area contributed by atoms with Crippen molar-refractivity contribution >= 4 is 29.5 Å². The summed E-state index contributed by atoms with van der Waals surface area (Å²) in [5, 5.41) is 0. The predicted molar refractivity (Wildman–Crippen MR) is 21.9 cm³/mol. The summed E-state index contributed by atoms with van der Waals surface area (Å²) < 4.78 is 3.74. The van der Waals surface area contributed by atoms with Gasteiger partial charge in [-0.3, -0.25) is 0 Å². The Morgan fingerprint density at radius 2 is 2.17 bits per heavy atom. The second-order valence-electron chi connectivity index (χ2n) is 0.230. The molecule has 0 rings (SSSR count). The number of hydrogen-bond donors (Lipinski definition) is 0. The third-order valence-corrected chi connectivity index (χ3v) is 0.245. The number of carbonyl (C=O) groups excluding carboxylic acids is 1. The van der Waals surface area contributed by atoms with Crippen molar-refractivity contribution in [3.63, 3.8) is 0 Å². The van der Waals surface area contributed by atoms with Crippen LogP contribution in [0.5, 0.6) is 0 Å². The van der Waals surface area contributed by atoms with Gasteiger partial charge >= 0.3 is 51.4 Å². The summed E-state index contributed by atoms with van der Waals surface area (Å²) in [7, 11) is 0. The van der Waals surface area contributed by atoms with Crippen molar-refractivity contribution in [1.82, 2.24) is 0 Å². The first-order valence-corrected chi connectivity index (χ1v) is 1.61. The zero-order valence-corrected chi connectivity index (χ0v) is 8.38. The first-order chi connectivity index (χ1) is 2.41. The number of halogens is 1. The monoisotopic (exact) mass is 226 g/mol. The van der Waals surface area contributed by atoms with Crippen molar-refractivity contribution in [3.05, 3.63) is 0 Å². The summed E-state index contributed by atoms with van der Waals surface area (Å²) in [6.07, 6.45) is 0. The fourth-order valence-corrected chi connectivity index (χ4v) is 0.0863. The Balaban J connectivity index is 0. The molecule has 0 aromatic heterocycles. The van der Waals surface area contributed by atoms with Crippen molar-refractivity contribution in [1.29, 1.82) is 0 Å². The van der Waals surface area contributed by atoms with Crippen molar-refractivity contribution in [3.8, 4) is 0 Å². The second kappa shape index (κ2) is 9.93. The molecule has 0 spiro atoms. The number of hydrogen-bond acceptors (Lipinski definition) is 3. The Bertz CT molecular complexity index is 32.0. The van der Waals surface area contributed by atoms with E-state index >= 15 is 0 Å². The maximum Gasteiger partial charge on any atom is 1.00 e. The van der Waals surface area contributed by atoms with Gasteiger partial charge in [0.15, 0.2) is 23.0 Å². The van der Waals surface area contributed by atoms with E-state index in [2.05, 4.69) is 8.10 Å². The molecule has 0 aliphatic heterocycles. The fourth-order valence-electron chi connectivity index (χ4n) is 0.0129. The van der Waals surface area contributed by atoms with E-state index in [9.17, 15) is 0 Å². The van der Waals surface area contributed by atoms with Crippen LogP contribution in [0, 0.1) is 0 Å². The van der Waals surface area contributed by atoms with Crippen LogP contribution >= 0.6 is 23.0 Å². The zero-order chi connectivity index (χ0) is 4.12. The molecule has 0 fully saturated rings. The molecule has 0 aliphatic carbocycles. The molecule has 0 amide bonds. The van der Waals surface area contributed by atoms with E-state index in [1.165, 1.54) is 23.0 Å². The van der Waals surface area contributed by atoms with Crippen LogP contribution in [-0.4, -0.2) is 6.47 Å². The molecule has 0 heterocycles. The average molecular weight is 226 g/mol. The Morgan fingerprint density at radius 1 is 1.67 bits per heavy atom. The molecule has 6 heavy (non-hydrogen) atoms. The molecule has 0 atom stereocenters. The minimum Gasteiger partial charge on any atom is -0.498 e. The molecule has 0 aromatic carbocycles. The maximum absolute atomic E-state index is 8.93. The van der Waals surface area contributed by atoms with Crippen LogP contribution in [0.1, 0.15) is 0 Å². The molecular formula is CIKO3. The minimum absolute atomic E-state index is 0. The van der Waals surface area contributed by atoms with Gasteiger partial charge in [-0.1, -0.05) is 0 Å². The third-order valence-electron chi connectivity index (χ3n) is 0.0655. The van der Waals surface area contributed by atoms with Gasteiger partial charge in [-0.05, 0) is 6.47 Å². The first kappa shape index (κ1) is 10.7. The van der Waals surface area contributed by atoms with Gasteiger partial charge in [0.05, 0.1) is 0 Å². The SMILES string of the molecule is O=[C-]OOI.[K+]. The van der Waals surface area contributed by atoms with Crippen LogP contribution in [0.25, 0.3) is 0 Å². The summed E-state index contributed by atoms with van der Waals surface area (Å²) in [5.74, 6) is 0. The average Bonchev–Trinajstić information content (AvgIpc) is 1.41. The van der Waals surface area contributed by atoms with Crippen LogP contribution in [0.15, 0.2) is 0 Å². The smallest absolute Gasteiger partial charge is 0.498 e. The van der Waals surface area contributed by atoms with Gasteiger partial charge < -0.3 is 9.68 Å². The second-order valence-corrected chi connectivity index (χ2v) is 0.589. The van der Waals surface area contributed by atoms with Gasteiger partial charge in [-0.2, -0.15) is 3.22 Å². The van der Waals surface area contributed by atoms with E-state index in [0.717, 1.165) is 6.47 Å². The molecule has 0 aromatic rings. The fraction of sp³-hybridized carbons (Fsp3) is 0. The van der Waals surface area contributed by atoms with Crippen LogP contribution in [0.4, 0.5) is 0 Å². The zero-order valence-electron chi connectivity index (χ0n) is 3.10. The van der Waals surface area contributed by atoms with Crippen molar-refractivity contribution < 1.29 is 64.3 Å². The van der Waals surface area contributed by atoms with E-state index < -0.39 is 0 Å². The van der Waals surface area contributed by atoms with E-state index in [4.69, 9.17) is 4.79 Å². The van der Waals surface area contributed by atoms with E-state index in [1.54, 1.807) is 0 Å².